The molecule has 0 saturated heterocycles. The third-order valence-corrected chi connectivity index (χ3v) is 3.80. The fourth-order valence-corrected chi connectivity index (χ4v) is 2.61. The summed E-state index contributed by atoms with van der Waals surface area (Å²) in [6, 6.07) is 7.88. The van der Waals surface area contributed by atoms with E-state index in [1.807, 2.05) is 38.2 Å². The van der Waals surface area contributed by atoms with Crippen molar-refractivity contribution in [3.63, 3.8) is 0 Å². The van der Waals surface area contributed by atoms with Gasteiger partial charge in [0, 0.05) is 32.9 Å². The molecule has 0 saturated carbocycles. The summed E-state index contributed by atoms with van der Waals surface area (Å²) >= 11 is 0. The summed E-state index contributed by atoms with van der Waals surface area (Å²) in [6.45, 7) is 4.07. The zero-order valence-electron chi connectivity index (χ0n) is 12.3. The van der Waals surface area contributed by atoms with Crippen molar-refractivity contribution in [3.05, 3.63) is 36.2 Å². The van der Waals surface area contributed by atoms with Crippen molar-refractivity contribution < 1.29 is 4.79 Å². The van der Waals surface area contributed by atoms with Gasteiger partial charge in [0.15, 0.2) is 5.69 Å². The molecule has 6 nitrogen and oxygen atoms in total. The Hall–Kier alpha value is -2.50. The molecule has 0 aliphatic carbocycles. The number of hydrogen-bond donors (Lipinski definition) is 1. The van der Waals surface area contributed by atoms with Crippen LogP contribution in [0.2, 0.25) is 0 Å². The molecule has 0 radical (unpaired) electrons. The maximum Gasteiger partial charge on any atom is 0.281 e. The van der Waals surface area contributed by atoms with E-state index in [0.29, 0.717) is 24.5 Å². The molecule has 0 fully saturated rings. The molecule has 0 unspecified atom stereocenters. The van der Waals surface area contributed by atoms with Crippen molar-refractivity contribution in [3.8, 4) is 0 Å². The van der Waals surface area contributed by atoms with Crippen LogP contribution in [0.3, 0.4) is 0 Å². The van der Waals surface area contributed by atoms with E-state index < -0.39 is 0 Å². The van der Waals surface area contributed by atoms with Crippen LogP contribution in [-0.4, -0.2) is 35.8 Å². The lowest BCUT2D eigenvalue weighted by molar-refractivity contribution is 0.0982. The second-order valence-corrected chi connectivity index (χ2v) is 5.16. The van der Waals surface area contributed by atoms with E-state index in [-0.39, 0.29) is 5.91 Å². The molecule has 3 rings (SSSR count). The number of carbonyl (C=O) groups excluding carboxylic acids is 1. The Labute approximate surface area is 123 Å². The molecule has 6 heteroatoms. The first-order valence-corrected chi connectivity index (χ1v) is 7.06. The summed E-state index contributed by atoms with van der Waals surface area (Å²) in [6.07, 6.45) is 1.70. The van der Waals surface area contributed by atoms with Gasteiger partial charge in [-0.25, -0.2) is 0 Å². The Kier molecular flexibility index (Phi) is 3.29. The standard InChI is InChI=1S/C15H19N5O/c1-3-19-10-11(16)14(17-19)15(21)20-9-8-18(2)12-6-4-5-7-13(12)20/h4-7,10H,3,8-9,16H2,1-2H3. The van der Waals surface area contributed by atoms with Gasteiger partial charge in [-0.2, -0.15) is 5.10 Å². The maximum absolute atomic E-state index is 12.8. The molecule has 21 heavy (non-hydrogen) atoms. The van der Waals surface area contributed by atoms with Gasteiger partial charge in [0.2, 0.25) is 0 Å². The van der Waals surface area contributed by atoms with Gasteiger partial charge in [-0.1, -0.05) is 12.1 Å². The molecule has 1 aromatic heterocycles. The number of anilines is 3. The first-order valence-electron chi connectivity index (χ1n) is 7.06. The van der Waals surface area contributed by atoms with E-state index in [9.17, 15) is 4.79 Å². The normalized spacial score (nSPS) is 14.2. The summed E-state index contributed by atoms with van der Waals surface area (Å²) in [5, 5.41) is 4.28. The lowest BCUT2D eigenvalue weighted by Crippen LogP contribution is -2.43. The quantitative estimate of drug-likeness (QED) is 0.909. The van der Waals surface area contributed by atoms with Crippen molar-refractivity contribution in [1.29, 1.82) is 0 Å². The summed E-state index contributed by atoms with van der Waals surface area (Å²) in [4.78, 5) is 16.7. The second kappa shape index (κ2) is 5.12. The molecule has 0 bridgehead atoms. The Morgan fingerprint density at radius 3 is 2.67 bits per heavy atom. The third kappa shape index (κ3) is 2.22. The highest BCUT2D eigenvalue weighted by Gasteiger charge is 2.28. The largest absolute Gasteiger partial charge is 0.396 e. The Bertz CT molecular complexity index is 678. The highest BCUT2D eigenvalue weighted by atomic mass is 16.2. The molecule has 1 aromatic carbocycles. The molecule has 1 aliphatic rings. The molecule has 2 aromatic rings. The topological polar surface area (TPSA) is 67.4 Å². The average Bonchev–Trinajstić information content (AvgIpc) is 2.88. The van der Waals surface area contributed by atoms with Gasteiger partial charge >= 0.3 is 0 Å². The van der Waals surface area contributed by atoms with Crippen molar-refractivity contribution in [2.45, 2.75) is 13.5 Å². The molecule has 110 valence electrons. The van der Waals surface area contributed by atoms with Crippen LogP contribution in [0, 0.1) is 0 Å². The number of hydrogen-bond acceptors (Lipinski definition) is 4. The molecule has 0 atom stereocenters. The number of likely N-dealkylation sites (N-methyl/N-ethyl adjacent to an activating group) is 1. The van der Waals surface area contributed by atoms with Gasteiger partial charge in [0.25, 0.3) is 5.91 Å². The minimum atomic E-state index is -0.139. The molecule has 1 aliphatic heterocycles. The predicted molar refractivity (Wildman–Crippen MR) is 83.7 cm³/mol. The van der Waals surface area contributed by atoms with Gasteiger partial charge in [0.05, 0.1) is 17.1 Å². The van der Waals surface area contributed by atoms with Gasteiger partial charge in [-0.15, -0.1) is 0 Å². The number of para-hydroxylation sites is 2. The number of fused-ring (bicyclic) bond motifs is 1. The van der Waals surface area contributed by atoms with Gasteiger partial charge in [0.1, 0.15) is 0 Å². The minimum Gasteiger partial charge on any atom is -0.396 e. The van der Waals surface area contributed by atoms with Crippen LogP contribution in [0.5, 0.6) is 0 Å². The number of nitrogens with two attached hydrogens (primary N) is 1. The van der Waals surface area contributed by atoms with E-state index in [1.54, 1.807) is 15.8 Å². The SMILES string of the molecule is CCn1cc(N)c(C(=O)N2CCN(C)c3ccccc32)n1. The van der Waals surface area contributed by atoms with Crippen molar-refractivity contribution in [2.75, 3.05) is 35.7 Å². The van der Waals surface area contributed by atoms with Crippen LogP contribution in [0.4, 0.5) is 17.1 Å². The Morgan fingerprint density at radius 1 is 1.29 bits per heavy atom. The number of rotatable bonds is 2. The molecule has 0 spiro atoms. The minimum absolute atomic E-state index is 0.139. The van der Waals surface area contributed by atoms with Crippen LogP contribution in [0.1, 0.15) is 17.4 Å². The number of aromatic nitrogens is 2. The highest BCUT2D eigenvalue weighted by molar-refractivity contribution is 6.09. The molecule has 2 heterocycles. The second-order valence-electron chi connectivity index (χ2n) is 5.16. The predicted octanol–water partition coefficient (Wildman–Crippen LogP) is 1.58. The van der Waals surface area contributed by atoms with E-state index in [0.717, 1.165) is 17.9 Å². The number of carbonyl (C=O) groups is 1. The van der Waals surface area contributed by atoms with Crippen molar-refractivity contribution >= 4 is 23.0 Å². The van der Waals surface area contributed by atoms with Crippen molar-refractivity contribution in [1.82, 2.24) is 9.78 Å². The maximum atomic E-state index is 12.8. The summed E-state index contributed by atoms with van der Waals surface area (Å²) in [7, 11) is 2.03. The van der Waals surface area contributed by atoms with Crippen LogP contribution in [0.25, 0.3) is 0 Å². The van der Waals surface area contributed by atoms with Gasteiger partial charge < -0.3 is 15.5 Å². The number of nitrogen functional groups attached to an aromatic ring is 1. The zero-order chi connectivity index (χ0) is 15.0. The van der Waals surface area contributed by atoms with E-state index >= 15 is 0 Å². The smallest absolute Gasteiger partial charge is 0.281 e. The summed E-state index contributed by atoms with van der Waals surface area (Å²) in [5.41, 5.74) is 8.64. The summed E-state index contributed by atoms with van der Waals surface area (Å²) in [5.74, 6) is -0.139. The van der Waals surface area contributed by atoms with Crippen LogP contribution < -0.4 is 15.5 Å². The van der Waals surface area contributed by atoms with Gasteiger partial charge in [-0.05, 0) is 19.1 Å². The van der Waals surface area contributed by atoms with E-state index in [2.05, 4.69) is 10.00 Å². The molecule has 1 amide bonds. The molecular formula is C15H19N5O. The van der Waals surface area contributed by atoms with E-state index in [1.165, 1.54) is 0 Å². The van der Waals surface area contributed by atoms with Gasteiger partial charge in [-0.3, -0.25) is 9.48 Å². The third-order valence-electron chi connectivity index (χ3n) is 3.80. The average molecular weight is 285 g/mol. The Morgan fingerprint density at radius 2 is 2.00 bits per heavy atom. The first kappa shape index (κ1) is 13.5. The van der Waals surface area contributed by atoms with Crippen LogP contribution >= 0.6 is 0 Å². The number of aryl methyl sites for hydroxylation is 1. The number of benzene rings is 1. The fourth-order valence-electron chi connectivity index (χ4n) is 2.61. The first-order chi connectivity index (χ1) is 10.1. The molecule has 2 N–H and O–H groups in total. The van der Waals surface area contributed by atoms with E-state index in [4.69, 9.17) is 5.73 Å². The highest BCUT2D eigenvalue weighted by Crippen LogP contribution is 2.33. The monoisotopic (exact) mass is 285 g/mol. The lowest BCUT2D eigenvalue weighted by atomic mass is 10.1. The summed E-state index contributed by atoms with van der Waals surface area (Å²) < 4.78 is 1.69. The Balaban J connectivity index is 1.99. The fraction of sp³-hybridized carbons (Fsp3) is 0.333. The van der Waals surface area contributed by atoms with Crippen molar-refractivity contribution in [2.24, 2.45) is 0 Å². The lowest BCUT2D eigenvalue weighted by Gasteiger charge is -2.35. The molecular weight excluding hydrogens is 266 g/mol. The number of amides is 1. The number of nitrogens with zero attached hydrogens (tertiary/aromatic N) is 4. The van der Waals surface area contributed by atoms with Crippen LogP contribution in [-0.2, 0) is 6.54 Å². The zero-order valence-corrected chi connectivity index (χ0v) is 12.3. The van der Waals surface area contributed by atoms with Crippen LogP contribution in [0.15, 0.2) is 30.5 Å².